The lowest BCUT2D eigenvalue weighted by Crippen LogP contribution is -2.16. The van der Waals surface area contributed by atoms with E-state index < -0.39 is 5.97 Å². The number of hydrogen-bond acceptors (Lipinski definition) is 4. The minimum Gasteiger partial charge on any atom is -0.478 e. The molecule has 148 valence electrons. The lowest BCUT2D eigenvalue weighted by atomic mass is 9.98. The second-order valence-electron chi connectivity index (χ2n) is 7.14. The van der Waals surface area contributed by atoms with Gasteiger partial charge in [0.05, 0.1) is 23.3 Å². The van der Waals surface area contributed by atoms with Crippen molar-refractivity contribution in [3.05, 3.63) is 76.6 Å². The first kappa shape index (κ1) is 17.9. The van der Waals surface area contributed by atoms with E-state index in [4.69, 9.17) is 4.74 Å². The molecule has 0 saturated heterocycles. The van der Waals surface area contributed by atoms with Crippen LogP contribution in [-0.2, 0) is 16.0 Å². The Morgan fingerprint density at radius 3 is 2.73 bits per heavy atom. The average Bonchev–Trinajstić information content (AvgIpc) is 3.30. The van der Waals surface area contributed by atoms with Gasteiger partial charge in [0.2, 0.25) is 0 Å². The third-order valence-corrected chi connectivity index (χ3v) is 5.36. The SMILES string of the molecule is O=C1Nc2cc(-c3cccc(C(=O)O)c3)ccc2C1=Cc1[nH]cc2c1CCOC2=O. The number of esters is 1. The van der Waals surface area contributed by atoms with Gasteiger partial charge in [-0.05, 0) is 41.0 Å². The van der Waals surface area contributed by atoms with Crippen LogP contribution in [-0.4, -0.2) is 34.5 Å². The van der Waals surface area contributed by atoms with Gasteiger partial charge in [-0.25, -0.2) is 9.59 Å². The van der Waals surface area contributed by atoms with E-state index in [1.165, 1.54) is 6.07 Å². The maximum atomic E-state index is 12.6. The van der Waals surface area contributed by atoms with E-state index in [1.54, 1.807) is 24.4 Å². The Labute approximate surface area is 171 Å². The summed E-state index contributed by atoms with van der Waals surface area (Å²) in [4.78, 5) is 38.8. The molecule has 3 N–H and O–H groups in total. The highest BCUT2D eigenvalue weighted by Gasteiger charge is 2.27. The number of hydrogen-bond donors (Lipinski definition) is 3. The second kappa shape index (κ2) is 6.73. The zero-order valence-electron chi connectivity index (χ0n) is 15.7. The smallest absolute Gasteiger partial charge is 0.339 e. The highest BCUT2D eigenvalue weighted by Crippen LogP contribution is 2.37. The molecule has 0 spiro atoms. The van der Waals surface area contributed by atoms with Crippen LogP contribution in [0.15, 0.2) is 48.7 Å². The molecule has 2 aliphatic heterocycles. The van der Waals surface area contributed by atoms with Crippen LogP contribution in [0.1, 0.15) is 37.5 Å². The van der Waals surface area contributed by atoms with Crippen molar-refractivity contribution in [2.75, 3.05) is 11.9 Å². The molecule has 0 bridgehead atoms. The molecule has 0 fully saturated rings. The van der Waals surface area contributed by atoms with Crippen LogP contribution in [0.25, 0.3) is 22.8 Å². The van der Waals surface area contributed by atoms with E-state index in [0.29, 0.717) is 29.9 Å². The van der Waals surface area contributed by atoms with Gasteiger partial charge >= 0.3 is 11.9 Å². The molecule has 2 aliphatic rings. The van der Waals surface area contributed by atoms with Crippen LogP contribution >= 0.6 is 0 Å². The van der Waals surface area contributed by atoms with Crippen LogP contribution in [0.3, 0.4) is 0 Å². The molecule has 0 saturated carbocycles. The molecule has 2 aromatic carbocycles. The zero-order valence-corrected chi connectivity index (χ0v) is 15.7. The van der Waals surface area contributed by atoms with Crippen LogP contribution in [0.4, 0.5) is 5.69 Å². The number of H-pyrrole nitrogens is 1. The fourth-order valence-electron chi connectivity index (χ4n) is 3.87. The predicted molar refractivity (Wildman–Crippen MR) is 110 cm³/mol. The standard InChI is InChI=1S/C23H16N2O5/c26-21-17(10-19-16-6-7-30-23(29)18(16)11-24-19)15-5-4-13(9-20(15)25-21)12-2-1-3-14(8-12)22(27)28/h1-5,8-11,24H,6-7H2,(H,25,26)(H,27,28). The highest BCUT2D eigenvalue weighted by atomic mass is 16.5. The molecule has 0 radical (unpaired) electrons. The van der Waals surface area contributed by atoms with Crippen LogP contribution in [0, 0.1) is 0 Å². The van der Waals surface area contributed by atoms with Crippen molar-refractivity contribution in [1.29, 1.82) is 0 Å². The summed E-state index contributed by atoms with van der Waals surface area (Å²) in [6, 6.07) is 12.2. The molecule has 30 heavy (non-hydrogen) atoms. The number of carbonyl (C=O) groups excluding carboxylic acids is 2. The maximum Gasteiger partial charge on any atom is 0.339 e. The molecule has 3 heterocycles. The number of benzene rings is 2. The van der Waals surface area contributed by atoms with Gasteiger partial charge < -0.3 is 20.1 Å². The summed E-state index contributed by atoms with van der Waals surface area (Å²) in [5.74, 6) is -1.58. The first-order chi connectivity index (χ1) is 14.5. The molecule has 7 nitrogen and oxygen atoms in total. The van der Waals surface area contributed by atoms with E-state index in [-0.39, 0.29) is 17.4 Å². The fourth-order valence-corrected chi connectivity index (χ4v) is 3.87. The highest BCUT2D eigenvalue weighted by molar-refractivity contribution is 6.35. The number of rotatable bonds is 3. The van der Waals surface area contributed by atoms with Gasteiger partial charge in [0.25, 0.3) is 5.91 Å². The van der Waals surface area contributed by atoms with Crippen molar-refractivity contribution in [1.82, 2.24) is 4.98 Å². The number of carboxylic acid groups (broad SMARTS) is 1. The Bertz CT molecular complexity index is 1270. The van der Waals surface area contributed by atoms with E-state index >= 15 is 0 Å². The number of carbonyl (C=O) groups is 3. The van der Waals surface area contributed by atoms with Gasteiger partial charge in [-0.1, -0.05) is 24.3 Å². The van der Waals surface area contributed by atoms with Gasteiger partial charge in [-0.2, -0.15) is 0 Å². The molecule has 5 rings (SSSR count). The Hall–Kier alpha value is -4.13. The molecule has 0 unspecified atom stereocenters. The van der Waals surface area contributed by atoms with Crippen LogP contribution in [0.5, 0.6) is 0 Å². The molecular weight excluding hydrogens is 384 g/mol. The summed E-state index contributed by atoms with van der Waals surface area (Å²) in [6.07, 6.45) is 3.95. The Kier molecular flexibility index (Phi) is 4.03. The molecule has 7 heteroatoms. The first-order valence-corrected chi connectivity index (χ1v) is 9.40. The third kappa shape index (κ3) is 2.88. The second-order valence-corrected chi connectivity index (χ2v) is 7.14. The summed E-state index contributed by atoms with van der Waals surface area (Å²) in [6.45, 7) is 0.321. The maximum absolute atomic E-state index is 12.6. The lowest BCUT2D eigenvalue weighted by Gasteiger charge is -2.12. The Morgan fingerprint density at radius 1 is 1.07 bits per heavy atom. The molecule has 0 aliphatic carbocycles. The monoisotopic (exact) mass is 400 g/mol. The largest absolute Gasteiger partial charge is 0.478 e. The number of ether oxygens (including phenoxy) is 1. The average molecular weight is 400 g/mol. The van der Waals surface area contributed by atoms with E-state index in [2.05, 4.69) is 10.3 Å². The molecule has 0 atom stereocenters. The minimum atomic E-state index is -0.991. The summed E-state index contributed by atoms with van der Waals surface area (Å²) in [5, 5.41) is 12.1. The molecule has 1 amide bonds. The van der Waals surface area contributed by atoms with Crippen molar-refractivity contribution in [3.63, 3.8) is 0 Å². The fraction of sp³-hybridized carbons (Fsp3) is 0.0870. The number of cyclic esters (lactones) is 1. The van der Waals surface area contributed by atoms with Gasteiger partial charge in [0.1, 0.15) is 0 Å². The quantitative estimate of drug-likeness (QED) is 0.460. The first-order valence-electron chi connectivity index (χ1n) is 9.40. The van der Waals surface area contributed by atoms with Crippen molar-refractivity contribution >= 4 is 35.2 Å². The van der Waals surface area contributed by atoms with E-state index in [1.807, 2.05) is 24.3 Å². The number of carboxylic acids is 1. The number of fused-ring (bicyclic) bond motifs is 2. The van der Waals surface area contributed by atoms with Crippen molar-refractivity contribution in [2.24, 2.45) is 0 Å². The number of aromatic nitrogens is 1. The van der Waals surface area contributed by atoms with Gasteiger partial charge in [-0.15, -0.1) is 0 Å². The molecule has 1 aromatic heterocycles. The number of amides is 1. The summed E-state index contributed by atoms with van der Waals surface area (Å²) >= 11 is 0. The van der Waals surface area contributed by atoms with Crippen LogP contribution in [0.2, 0.25) is 0 Å². The van der Waals surface area contributed by atoms with Crippen molar-refractivity contribution < 1.29 is 24.2 Å². The summed E-state index contributed by atoms with van der Waals surface area (Å²) < 4.78 is 5.05. The number of aromatic carboxylic acids is 1. The van der Waals surface area contributed by atoms with Gasteiger partial charge in [0, 0.05) is 29.6 Å². The molecular formula is C23H16N2O5. The number of anilines is 1. The van der Waals surface area contributed by atoms with Crippen molar-refractivity contribution in [2.45, 2.75) is 6.42 Å². The van der Waals surface area contributed by atoms with E-state index in [0.717, 1.165) is 27.9 Å². The normalized spacial score (nSPS) is 16.1. The Morgan fingerprint density at radius 2 is 1.90 bits per heavy atom. The predicted octanol–water partition coefficient (Wildman–Crippen LogP) is 3.59. The van der Waals surface area contributed by atoms with Crippen LogP contribution < -0.4 is 5.32 Å². The lowest BCUT2D eigenvalue weighted by molar-refractivity contribution is -0.110. The Balaban J connectivity index is 1.53. The number of nitrogens with one attached hydrogen (secondary N) is 2. The van der Waals surface area contributed by atoms with Gasteiger partial charge in [-0.3, -0.25) is 4.79 Å². The zero-order chi connectivity index (χ0) is 20.8. The number of aromatic amines is 1. The van der Waals surface area contributed by atoms with E-state index in [9.17, 15) is 19.5 Å². The third-order valence-electron chi connectivity index (χ3n) is 5.36. The van der Waals surface area contributed by atoms with Gasteiger partial charge in [0.15, 0.2) is 0 Å². The van der Waals surface area contributed by atoms with Crippen molar-refractivity contribution in [3.8, 4) is 11.1 Å². The minimum absolute atomic E-state index is 0.202. The summed E-state index contributed by atoms with van der Waals surface area (Å²) in [5.41, 5.74) is 5.73. The summed E-state index contributed by atoms with van der Waals surface area (Å²) in [7, 11) is 0. The molecule has 3 aromatic rings. The topological polar surface area (TPSA) is 108 Å².